The predicted octanol–water partition coefficient (Wildman–Crippen LogP) is 3.50. The fraction of sp³-hybridized carbons (Fsp3) is 0.571. The van der Waals surface area contributed by atoms with Gasteiger partial charge in [-0.05, 0) is 19.1 Å². The van der Waals surface area contributed by atoms with Crippen LogP contribution in [0.3, 0.4) is 0 Å². The molecular weight excluding hydrogens is 263 g/mol. The molecule has 3 N–H and O–H groups in total. The molecule has 1 aliphatic carbocycles. The molecule has 106 valence electrons. The van der Waals surface area contributed by atoms with E-state index in [1.165, 1.54) is 32.4 Å². The van der Waals surface area contributed by atoms with E-state index in [1.807, 2.05) is 11.8 Å². The molecule has 1 aliphatic rings. The molecule has 0 aliphatic heterocycles. The third-order valence-corrected chi connectivity index (χ3v) is 4.84. The summed E-state index contributed by atoms with van der Waals surface area (Å²) in [6.45, 7) is 0. The lowest BCUT2D eigenvalue weighted by Gasteiger charge is -2.32. The van der Waals surface area contributed by atoms with Crippen LogP contribution in [0.4, 0.5) is 15.8 Å². The number of halogens is 1. The van der Waals surface area contributed by atoms with Crippen molar-refractivity contribution in [2.45, 2.75) is 37.0 Å². The minimum Gasteiger partial charge on any atom is -0.494 e. The van der Waals surface area contributed by atoms with Crippen LogP contribution in [0.15, 0.2) is 12.1 Å². The van der Waals surface area contributed by atoms with Gasteiger partial charge in [-0.15, -0.1) is 0 Å². The van der Waals surface area contributed by atoms with Crippen molar-refractivity contribution in [3.05, 3.63) is 17.9 Å². The standard InChI is InChI=1S/C14H21FN2OS/c1-18-13-8-12(10(16)7-9(13)15)17-11-5-3-4-6-14(11)19-2/h7-8,11,14,17H,3-6,16H2,1-2H3. The Morgan fingerprint density at radius 2 is 2.11 bits per heavy atom. The van der Waals surface area contributed by atoms with Crippen LogP contribution in [-0.2, 0) is 0 Å². The van der Waals surface area contributed by atoms with E-state index in [2.05, 4.69) is 11.6 Å². The van der Waals surface area contributed by atoms with Crippen LogP contribution in [0.5, 0.6) is 5.75 Å². The zero-order chi connectivity index (χ0) is 13.8. The topological polar surface area (TPSA) is 47.3 Å². The monoisotopic (exact) mass is 284 g/mol. The summed E-state index contributed by atoms with van der Waals surface area (Å²) in [4.78, 5) is 0. The number of anilines is 2. The summed E-state index contributed by atoms with van der Waals surface area (Å²) in [6.07, 6.45) is 7.00. The summed E-state index contributed by atoms with van der Waals surface area (Å²) < 4.78 is 18.5. The first-order valence-electron chi connectivity index (χ1n) is 6.58. The number of nitrogen functional groups attached to an aromatic ring is 1. The third-order valence-electron chi connectivity index (χ3n) is 3.67. The van der Waals surface area contributed by atoms with E-state index in [0.717, 1.165) is 12.1 Å². The Labute approximate surface area is 118 Å². The van der Waals surface area contributed by atoms with Crippen molar-refractivity contribution in [2.75, 3.05) is 24.4 Å². The summed E-state index contributed by atoms with van der Waals surface area (Å²) >= 11 is 1.88. The zero-order valence-corrected chi connectivity index (χ0v) is 12.2. The molecule has 0 radical (unpaired) electrons. The summed E-state index contributed by atoms with van der Waals surface area (Å²) in [7, 11) is 1.46. The van der Waals surface area contributed by atoms with Crippen molar-refractivity contribution in [2.24, 2.45) is 0 Å². The molecular formula is C14H21FN2OS. The van der Waals surface area contributed by atoms with Crippen molar-refractivity contribution in [3.63, 3.8) is 0 Å². The number of ether oxygens (including phenoxy) is 1. The van der Waals surface area contributed by atoms with E-state index >= 15 is 0 Å². The van der Waals surface area contributed by atoms with Gasteiger partial charge >= 0.3 is 0 Å². The first-order valence-corrected chi connectivity index (χ1v) is 7.87. The molecule has 1 saturated carbocycles. The summed E-state index contributed by atoms with van der Waals surface area (Å²) in [5, 5.41) is 4.05. The maximum atomic E-state index is 13.5. The highest BCUT2D eigenvalue weighted by Gasteiger charge is 2.25. The van der Waals surface area contributed by atoms with E-state index < -0.39 is 5.82 Å². The van der Waals surface area contributed by atoms with Crippen LogP contribution in [0.1, 0.15) is 25.7 Å². The van der Waals surface area contributed by atoms with Gasteiger partial charge in [-0.25, -0.2) is 4.39 Å². The van der Waals surface area contributed by atoms with Gasteiger partial charge in [0, 0.05) is 23.4 Å². The highest BCUT2D eigenvalue weighted by molar-refractivity contribution is 7.99. The first-order chi connectivity index (χ1) is 9.15. The van der Waals surface area contributed by atoms with Gasteiger partial charge in [0.2, 0.25) is 0 Å². The molecule has 1 fully saturated rings. The fourth-order valence-electron chi connectivity index (χ4n) is 2.59. The number of nitrogens with two attached hydrogens (primary N) is 1. The van der Waals surface area contributed by atoms with Crippen molar-refractivity contribution < 1.29 is 9.13 Å². The number of benzene rings is 1. The van der Waals surface area contributed by atoms with E-state index in [-0.39, 0.29) is 5.75 Å². The highest BCUT2D eigenvalue weighted by Crippen LogP contribution is 2.33. The minimum atomic E-state index is -0.421. The maximum Gasteiger partial charge on any atom is 0.167 e. The van der Waals surface area contributed by atoms with E-state index in [9.17, 15) is 4.39 Å². The maximum absolute atomic E-state index is 13.5. The average molecular weight is 284 g/mol. The Balaban J connectivity index is 2.17. The predicted molar refractivity (Wildman–Crippen MR) is 80.5 cm³/mol. The van der Waals surface area contributed by atoms with Crippen LogP contribution in [-0.4, -0.2) is 24.7 Å². The largest absolute Gasteiger partial charge is 0.494 e. The van der Waals surface area contributed by atoms with Gasteiger partial charge < -0.3 is 15.8 Å². The molecule has 0 heterocycles. The number of thioether (sulfide) groups is 1. The van der Waals surface area contributed by atoms with Gasteiger partial charge in [-0.2, -0.15) is 11.8 Å². The molecule has 1 aromatic carbocycles. The lowest BCUT2D eigenvalue weighted by Crippen LogP contribution is -2.34. The summed E-state index contributed by atoms with van der Waals surface area (Å²) in [5.41, 5.74) is 7.09. The van der Waals surface area contributed by atoms with Crippen LogP contribution in [0, 0.1) is 5.82 Å². The van der Waals surface area contributed by atoms with Gasteiger partial charge in [0.25, 0.3) is 0 Å². The number of hydrogen-bond donors (Lipinski definition) is 2. The first kappa shape index (κ1) is 14.3. The average Bonchev–Trinajstić information content (AvgIpc) is 2.42. The Morgan fingerprint density at radius 1 is 1.37 bits per heavy atom. The van der Waals surface area contributed by atoms with Crippen molar-refractivity contribution in [3.8, 4) is 5.75 Å². The van der Waals surface area contributed by atoms with Crippen LogP contribution in [0.25, 0.3) is 0 Å². The molecule has 1 aromatic rings. The molecule has 19 heavy (non-hydrogen) atoms. The number of hydrogen-bond acceptors (Lipinski definition) is 4. The molecule has 0 spiro atoms. The van der Waals surface area contributed by atoms with Gasteiger partial charge in [-0.1, -0.05) is 12.8 Å². The lowest BCUT2D eigenvalue weighted by molar-refractivity contribution is 0.387. The molecule has 0 aromatic heterocycles. The molecule has 3 nitrogen and oxygen atoms in total. The molecule has 0 amide bonds. The second kappa shape index (κ2) is 6.37. The Bertz CT molecular complexity index is 442. The van der Waals surface area contributed by atoms with Crippen molar-refractivity contribution in [1.29, 1.82) is 0 Å². The van der Waals surface area contributed by atoms with Crippen LogP contribution in [0.2, 0.25) is 0 Å². The Morgan fingerprint density at radius 3 is 2.79 bits per heavy atom. The Kier molecular flexibility index (Phi) is 4.80. The summed E-state index contributed by atoms with van der Waals surface area (Å²) in [6, 6.07) is 3.36. The van der Waals surface area contributed by atoms with Crippen molar-refractivity contribution >= 4 is 23.1 Å². The normalized spacial score (nSPS) is 23.1. The van der Waals surface area contributed by atoms with E-state index in [0.29, 0.717) is 17.0 Å². The second-order valence-corrected chi connectivity index (χ2v) is 5.96. The third kappa shape index (κ3) is 3.26. The molecule has 0 bridgehead atoms. The molecule has 0 saturated heterocycles. The SMILES string of the molecule is COc1cc(NC2CCCCC2SC)c(N)cc1F. The zero-order valence-electron chi connectivity index (χ0n) is 11.4. The number of nitrogens with one attached hydrogen (secondary N) is 1. The number of rotatable bonds is 4. The molecule has 2 rings (SSSR count). The van der Waals surface area contributed by atoms with Crippen molar-refractivity contribution in [1.82, 2.24) is 0 Å². The van der Waals surface area contributed by atoms with Crippen LogP contribution >= 0.6 is 11.8 Å². The molecule has 2 unspecified atom stereocenters. The van der Waals surface area contributed by atoms with Gasteiger partial charge in [0.15, 0.2) is 11.6 Å². The minimum absolute atomic E-state index is 0.230. The summed E-state index contributed by atoms with van der Waals surface area (Å²) in [5.74, 6) is -0.191. The second-order valence-electron chi connectivity index (χ2n) is 4.88. The van der Waals surface area contributed by atoms with Gasteiger partial charge in [0.1, 0.15) is 0 Å². The highest BCUT2D eigenvalue weighted by atomic mass is 32.2. The van der Waals surface area contributed by atoms with E-state index in [4.69, 9.17) is 10.5 Å². The fourth-order valence-corrected chi connectivity index (χ4v) is 3.53. The number of methoxy groups -OCH3 is 1. The Hall–Kier alpha value is -1.10. The lowest BCUT2D eigenvalue weighted by atomic mass is 9.94. The smallest absolute Gasteiger partial charge is 0.167 e. The van der Waals surface area contributed by atoms with Gasteiger partial charge in [0.05, 0.1) is 18.5 Å². The molecule has 5 heteroatoms. The van der Waals surface area contributed by atoms with Crippen LogP contribution < -0.4 is 15.8 Å². The van der Waals surface area contributed by atoms with E-state index in [1.54, 1.807) is 6.07 Å². The molecule has 2 atom stereocenters. The quantitative estimate of drug-likeness (QED) is 0.831. The van der Waals surface area contributed by atoms with Gasteiger partial charge in [-0.3, -0.25) is 0 Å².